The summed E-state index contributed by atoms with van der Waals surface area (Å²) in [5.74, 6) is 0.688. The average Bonchev–Trinajstić information content (AvgIpc) is 2.43. The van der Waals surface area contributed by atoms with E-state index in [-0.39, 0.29) is 5.97 Å². The van der Waals surface area contributed by atoms with Gasteiger partial charge in [0.05, 0.1) is 0 Å². The molecule has 0 aromatic heterocycles. The number of esters is 1. The van der Waals surface area contributed by atoms with Gasteiger partial charge in [-0.05, 0) is 12.3 Å². The highest BCUT2D eigenvalue weighted by Gasteiger charge is 1.99. The Hall–Kier alpha value is -0.530. The van der Waals surface area contributed by atoms with Crippen LogP contribution in [0.4, 0.5) is 0 Å². The van der Waals surface area contributed by atoms with Gasteiger partial charge in [0.25, 0.3) is 0 Å². The standard InChI is InChI=1S/C18H35O2/c1-17(2)15-13-11-9-7-5-4-6-8-10-12-14-16-18(19)20-3/h17H,3-16H2,1-2H3. The van der Waals surface area contributed by atoms with Crippen molar-refractivity contribution in [2.45, 2.75) is 97.3 Å². The van der Waals surface area contributed by atoms with Crippen molar-refractivity contribution < 1.29 is 9.53 Å². The van der Waals surface area contributed by atoms with Gasteiger partial charge in [0.1, 0.15) is 7.11 Å². The van der Waals surface area contributed by atoms with Crippen LogP contribution < -0.4 is 0 Å². The molecular weight excluding hydrogens is 248 g/mol. The minimum Gasteiger partial charge on any atom is -0.462 e. The van der Waals surface area contributed by atoms with Crippen LogP contribution in [-0.4, -0.2) is 5.97 Å². The van der Waals surface area contributed by atoms with E-state index in [0.717, 1.165) is 18.8 Å². The largest absolute Gasteiger partial charge is 0.462 e. The predicted molar refractivity (Wildman–Crippen MR) is 86.3 cm³/mol. The summed E-state index contributed by atoms with van der Waals surface area (Å²) in [5, 5.41) is 0. The number of carbonyl (C=O) groups excluding carboxylic acids is 1. The SMILES string of the molecule is [CH2]OC(=O)CCCCCCCCCCCCCC(C)C. The van der Waals surface area contributed by atoms with Crippen LogP contribution >= 0.6 is 0 Å². The second-order valence-electron chi connectivity index (χ2n) is 6.34. The van der Waals surface area contributed by atoms with Gasteiger partial charge in [0.15, 0.2) is 0 Å². The number of carbonyl (C=O) groups is 1. The van der Waals surface area contributed by atoms with E-state index in [9.17, 15) is 4.79 Å². The number of hydrogen-bond acceptors (Lipinski definition) is 2. The molecule has 0 bridgehead atoms. The maximum absolute atomic E-state index is 10.8. The van der Waals surface area contributed by atoms with Gasteiger partial charge >= 0.3 is 5.97 Å². The molecular formula is C18H35O2. The summed E-state index contributed by atoms with van der Waals surface area (Å²) >= 11 is 0. The lowest BCUT2D eigenvalue weighted by Gasteiger charge is -2.04. The van der Waals surface area contributed by atoms with Crippen molar-refractivity contribution in [3.8, 4) is 0 Å². The third-order valence-corrected chi connectivity index (χ3v) is 3.82. The lowest BCUT2D eigenvalue weighted by atomic mass is 10.0. The zero-order chi connectivity index (χ0) is 15.1. The predicted octanol–water partition coefficient (Wildman–Crippen LogP) is 6.05. The number of unbranched alkanes of at least 4 members (excludes halogenated alkanes) is 10. The Morgan fingerprint density at radius 2 is 1.20 bits per heavy atom. The van der Waals surface area contributed by atoms with Gasteiger partial charge in [-0.15, -0.1) is 0 Å². The first kappa shape index (κ1) is 19.5. The minimum atomic E-state index is -0.178. The molecule has 0 fully saturated rings. The molecule has 1 radical (unpaired) electrons. The van der Waals surface area contributed by atoms with Crippen molar-refractivity contribution >= 4 is 5.97 Å². The normalized spacial score (nSPS) is 11.0. The first-order chi connectivity index (χ1) is 9.66. The summed E-state index contributed by atoms with van der Waals surface area (Å²) in [6, 6.07) is 0. The fourth-order valence-corrected chi connectivity index (χ4v) is 2.49. The van der Waals surface area contributed by atoms with E-state index in [1.54, 1.807) is 0 Å². The third-order valence-electron chi connectivity index (χ3n) is 3.82. The molecule has 0 N–H and O–H groups in total. The molecule has 0 heterocycles. The molecule has 0 aliphatic carbocycles. The quantitative estimate of drug-likeness (QED) is 0.286. The van der Waals surface area contributed by atoms with E-state index in [0.29, 0.717) is 6.42 Å². The van der Waals surface area contributed by atoms with Gasteiger partial charge in [0, 0.05) is 6.42 Å². The van der Waals surface area contributed by atoms with E-state index in [4.69, 9.17) is 0 Å². The highest BCUT2D eigenvalue weighted by atomic mass is 16.5. The van der Waals surface area contributed by atoms with Gasteiger partial charge in [-0.25, -0.2) is 0 Å². The Kier molecular flexibility index (Phi) is 14.5. The van der Waals surface area contributed by atoms with Crippen LogP contribution in [0.1, 0.15) is 97.3 Å². The summed E-state index contributed by atoms with van der Waals surface area (Å²) in [6.07, 6.45) is 16.4. The number of ether oxygens (including phenoxy) is 1. The number of hydrogen-bond donors (Lipinski definition) is 0. The van der Waals surface area contributed by atoms with Crippen LogP contribution in [0.2, 0.25) is 0 Å². The van der Waals surface area contributed by atoms with E-state index in [1.807, 2.05) is 0 Å². The van der Waals surface area contributed by atoms with Crippen LogP contribution in [0.15, 0.2) is 0 Å². The molecule has 0 saturated heterocycles. The van der Waals surface area contributed by atoms with Crippen LogP contribution in [0, 0.1) is 13.0 Å². The van der Waals surface area contributed by atoms with Crippen molar-refractivity contribution in [1.82, 2.24) is 0 Å². The van der Waals surface area contributed by atoms with Crippen molar-refractivity contribution in [3.05, 3.63) is 7.11 Å². The molecule has 0 spiro atoms. The molecule has 0 amide bonds. The lowest BCUT2D eigenvalue weighted by Crippen LogP contribution is -1.97. The highest BCUT2D eigenvalue weighted by Crippen LogP contribution is 2.14. The summed E-state index contributed by atoms with van der Waals surface area (Å²) < 4.78 is 4.37. The van der Waals surface area contributed by atoms with Crippen LogP contribution in [-0.2, 0) is 9.53 Å². The molecule has 0 aliphatic heterocycles. The van der Waals surface area contributed by atoms with Crippen molar-refractivity contribution in [2.24, 2.45) is 5.92 Å². The Morgan fingerprint density at radius 3 is 1.60 bits per heavy atom. The zero-order valence-electron chi connectivity index (χ0n) is 13.8. The summed E-state index contributed by atoms with van der Waals surface area (Å²) in [5.41, 5.74) is 0. The fraction of sp³-hybridized carbons (Fsp3) is 0.889. The second-order valence-corrected chi connectivity index (χ2v) is 6.34. The minimum absolute atomic E-state index is 0.178. The Bertz CT molecular complexity index is 211. The lowest BCUT2D eigenvalue weighted by molar-refractivity contribution is -0.138. The Balaban J connectivity index is 3.01. The zero-order valence-corrected chi connectivity index (χ0v) is 13.8. The maximum atomic E-state index is 10.8. The van der Waals surface area contributed by atoms with Crippen molar-refractivity contribution in [1.29, 1.82) is 0 Å². The fourth-order valence-electron chi connectivity index (χ4n) is 2.49. The van der Waals surface area contributed by atoms with Gasteiger partial charge in [-0.2, -0.15) is 0 Å². The summed E-state index contributed by atoms with van der Waals surface area (Å²) in [4.78, 5) is 10.8. The molecule has 0 aromatic rings. The maximum Gasteiger partial charge on any atom is 0.305 e. The first-order valence-electron chi connectivity index (χ1n) is 8.61. The van der Waals surface area contributed by atoms with Gasteiger partial charge in [-0.3, -0.25) is 4.79 Å². The van der Waals surface area contributed by atoms with Gasteiger partial charge in [0.2, 0.25) is 0 Å². The van der Waals surface area contributed by atoms with Gasteiger partial charge in [-0.1, -0.05) is 84.5 Å². The molecule has 20 heavy (non-hydrogen) atoms. The molecule has 0 rings (SSSR count). The molecule has 119 valence electrons. The topological polar surface area (TPSA) is 26.3 Å². The third kappa shape index (κ3) is 15.5. The summed E-state index contributed by atoms with van der Waals surface area (Å²) in [7, 11) is 3.12. The average molecular weight is 283 g/mol. The molecule has 2 nitrogen and oxygen atoms in total. The number of rotatable bonds is 14. The molecule has 0 saturated carbocycles. The Morgan fingerprint density at radius 1 is 0.800 bits per heavy atom. The van der Waals surface area contributed by atoms with Crippen molar-refractivity contribution in [2.75, 3.05) is 0 Å². The van der Waals surface area contributed by atoms with E-state index in [2.05, 4.69) is 25.7 Å². The van der Waals surface area contributed by atoms with E-state index < -0.39 is 0 Å². The van der Waals surface area contributed by atoms with E-state index >= 15 is 0 Å². The van der Waals surface area contributed by atoms with Crippen LogP contribution in [0.5, 0.6) is 0 Å². The smallest absolute Gasteiger partial charge is 0.305 e. The Labute approximate surface area is 126 Å². The molecule has 0 aliphatic rings. The molecule has 0 unspecified atom stereocenters. The molecule has 0 aromatic carbocycles. The monoisotopic (exact) mass is 283 g/mol. The van der Waals surface area contributed by atoms with E-state index in [1.165, 1.54) is 64.2 Å². The molecule has 0 atom stereocenters. The van der Waals surface area contributed by atoms with Gasteiger partial charge < -0.3 is 4.74 Å². The first-order valence-corrected chi connectivity index (χ1v) is 8.61. The second kappa shape index (κ2) is 14.9. The van der Waals surface area contributed by atoms with Crippen LogP contribution in [0.3, 0.4) is 0 Å². The summed E-state index contributed by atoms with van der Waals surface area (Å²) in [6.45, 7) is 4.62. The highest BCUT2D eigenvalue weighted by molar-refractivity contribution is 5.69. The van der Waals surface area contributed by atoms with Crippen LogP contribution in [0.25, 0.3) is 0 Å². The van der Waals surface area contributed by atoms with Crippen molar-refractivity contribution in [3.63, 3.8) is 0 Å². The molecule has 2 heteroatoms.